The summed E-state index contributed by atoms with van der Waals surface area (Å²) in [6.07, 6.45) is 3.11. The molecule has 3 aliphatic heterocycles. The van der Waals surface area contributed by atoms with Crippen molar-refractivity contribution in [1.29, 1.82) is 0 Å². The fourth-order valence-electron chi connectivity index (χ4n) is 3.72. The van der Waals surface area contributed by atoms with Gasteiger partial charge in [0.2, 0.25) is 5.91 Å². The minimum atomic E-state index is 0.0280. The van der Waals surface area contributed by atoms with Crippen molar-refractivity contribution in [2.75, 3.05) is 73.2 Å². The van der Waals surface area contributed by atoms with Crippen molar-refractivity contribution in [2.24, 2.45) is 4.99 Å². The van der Waals surface area contributed by atoms with Gasteiger partial charge in [0.1, 0.15) is 6.54 Å². The number of guanidine groups is 1. The zero-order chi connectivity index (χ0) is 18.4. The summed E-state index contributed by atoms with van der Waals surface area (Å²) in [5.74, 6) is 0.906. The third-order valence-corrected chi connectivity index (χ3v) is 5.44. The molecule has 8 nitrogen and oxygen atoms in total. The van der Waals surface area contributed by atoms with E-state index < -0.39 is 0 Å². The zero-order valence-electron chi connectivity index (χ0n) is 16.2. The van der Waals surface area contributed by atoms with Crippen LogP contribution in [0.5, 0.6) is 0 Å². The Kier molecular flexibility index (Phi) is 7.10. The average molecular weight is 367 g/mol. The Labute approximate surface area is 156 Å². The van der Waals surface area contributed by atoms with Gasteiger partial charge in [0.05, 0.1) is 13.2 Å². The van der Waals surface area contributed by atoms with Crippen molar-refractivity contribution < 1.29 is 14.3 Å². The minimum Gasteiger partial charge on any atom is -0.381 e. The molecule has 1 unspecified atom stereocenters. The summed E-state index contributed by atoms with van der Waals surface area (Å²) in [6.45, 7) is 7.39. The van der Waals surface area contributed by atoms with E-state index >= 15 is 0 Å². The molecular formula is C18H33N5O3. The van der Waals surface area contributed by atoms with Crippen LogP contribution >= 0.6 is 0 Å². The molecule has 0 spiro atoms. The molecule has 0 aromatic heterocycles. The van der Waals surface area contributed by atoms with E-state index in [1.807, 2.05) is 0 Å². The van der Waals surface area contributed by atoms with E-state index in [1.54, 1.807) is 19.0 Å². The van der Waals surface area contributed by atoms with Crippen molar-refractivity contribution in [3.8, 4) is 0 Å². The molecule has 3 heterocycles. The van der Waals surface area contributed by atoms with Crippen LogP contribution in [-0.4, -0.2) is 112 Å². The second-order valence-corrected chi connectivity index (χ2v) is 7.50. The van der Waals surface area contributed by atoms with E-state index in [0.29, 0.717) is 12.1 Å². The van der Waals surface area contributed by atoms with Gasteiger partial charge in [-0.25, -0.2) is 4.99 Å². The fraction of sp³-hybridized carbons (Fsp3) is 0.889. The number of aliphatic imine (C=N–C) groups is 1. The SMILES string of the molecule is CN(C)C(=O)CN=C(NC1CCOCC1)N1CCC(N2CCOCC2)C1. The lowest BCUT2D eigenvalue weighted by molar-refractivity contribution is -0.127. The second kappa shape index (κ2) is 9.53. The molecule has 1 N–H and O–H groups in total. The first-order valence-corrected chi connectivity index (χ1v) is 9.79. The predicted octanol–water partition coefficient (Wildman–Crippen LogP) is -0.394. The fourth-order valence-corrected chi connectivity index (χ4v) is 3.72. The number of hydrogen-bond donors (Lipinski definition) is 1. The molecule has 0 aromatic carbocycles. The topological polar surface area (TPSA) is 69.6 Å². The van der Waals surface area contributed by atoms with E-state index in [0.717, 1.165) is 77.8 Å². The Bertz CT molecular complexity index is 487. The molecule has 1 amide bonds. The van der Waals surface area contributed by atoms with Crippen LogP contribution in [0.1, 0.15) is 19.3 Å². The molecule has 0 saturated carbocycles. The van der Waals surface area contributed by atoms with Crippen molar-refractivity contribution >= 4 is 11.9 Å². The van der Waals surface area contributed by atoms with Gasteiger partial charge >= 0.3 is 0 Å². The lowest BCUT2D eigenvalue weighted by Crippen LogP contribution is -2.49. The highest BCUT2D eigenvalue weighted by atomic mass is 16.5. The molecule has 26 heavy (non-hydrogen) atoms. The van der Waals surface area contributed by atoms with E-state index in [9.17, 15) is 4.79 Å². The number of ether oxygens (including phenoxy) is 2. The molecule has 1 atom stereocenters. The number of likely N-dealkylation sites (tertiary alicyclic amines) is 1. The number of nitrogens with zero attached hydrogens (tertiary/aromatic N) is 4. The van der Waals surface area contributed by atoms with Crippen LogP contribution in [-0.2, 0) is 14.3 Å². The molecule has 3 aliphatic rings. The van der Waals surface area contributed by atoms with E-state index in [1.165, 1.54) is 0 Å². The molecule has 0 bridgehead atoms. The molecular weight excluding hydrogens is 334 g/mol. The maximum Gasteiger partial charge on any atom is 0.243 e. The van der Waals surface area contributed by atoms with Gasteiger partial charge in [-0.1, -0.05) is 0 Å². The summed E-state index contributed by atoms with van der Waals surface area (Å²) in [5, 5.41) is 3.60. The van der Waals surface area contributed by atoms with Crippen LogP contribution in [0.4, 0.5) is 0 Å². The molecule has 0 radical (unpaired) electrons. The first kappa shape index (κ1) is 19.4. The number of morpholine rings is 1. The highest BCUT2D eigenvalue weighted by Gasteiger charge is 2.31. The number of hydrogen-bond acceptors (Lipinski definition) is 5. The standard InChI is InChI=1S/C18H33N5O3/c1-21(2)17(24)13-19-18(20-15-4-9-25-10-5-15)23-6-3-16(14-23)22-7-11-26-12-8-22/h15-16H,3-14H2,1-2H3,(H,19,20). The zero-order valence-corrected chi connectivity index (χ0v) is 16.2. The summed E-state index contributed by atoms with van der Waals surface area (Å²) >= 11 is 0. The molecule has 3 rings (SSSR count). The summed E-state index contributed by atoms with van der Waals surface area (Å²) in [4.78, 5) is 23.1. The predicted molar refractivity (Wildman–Crippen MR) is 100 cm³/mol. The number of rotatable bonds is 4. The third kappa shape index (κ3) is 5.31. The van der Waals surface area contributed by atoms with Gasteiger partial charge in [-0.2, -0.15) is 0 Å². The summed E-state index contributed by atoms with van der Waals surface area (Å²) in [6, 6.07) is 0.921. The van der Waals surface area contributed by atoms with Crippen LogP contribution < -0.4 is 5.32 Å². The number of carbonyl (C=O) groups is 1. The van der Waals surface area contributed by atoms with Crippen LogP contribution in [0.15, 0.2) is 4.99 Å². The van der Waals surface area contributed by atoms with Crippen molar-refractivity contribution in [3.63, 3.8) is 0 Å². The second-order valence-electron chi connectivity index (χ2n) is 7.50. The van der Waals surface area contributed by atoms with Crippen LogP contribution in [0.25, 0.3) is 0 Å². The van der Waals surface area contributed by atoms with Crippen LogP contribution in [0.3, 0.4) is 0 Å². The third-order valence-electron chi connectivity index (χ3n) is 5.44. The molecule has 8 heteroatoms. The number of nitrogens with one attached hydrogen (secondary N) is 1. The van der Waals surface area contributed by atoms with Gasteiger partial charge in [-0.15, -0.1) is 0 Å². The van der Waals surface area contributed by atoms with Crippen molar-refractivity contribution in [3.05, 3.63) is 0 Å². The van der Waals surface area contributed by atoms with Gasteiger partial charge in [0.15, 0.2) is 5.96 Å². The molecule has 3 fully saturated rings. The number of likely N-dealkylation sites (N-methyl/N-ethyl adjacent to an activating group) is 1. The Morgan fingerprint density at radius 3 is 2.46 bits per heavy atom. The molecule has 148 valence electrons. The first-order chi connectivity index (χ1) is 12.6. The summed E-state index contributed by atoms with van der Waals surface area (Å²) in [5.41, 5.74) is 0. The van der Waals surface area contributed by atoms with Crippen LogP contribution in [0, 0.1) is 0 Å². The van der Waals surface area contributed by atoms with E-state index in [-0.39, 0.29) is 12.5 Å². The Morgan fingerprint density at radius 1 is 1.08 bits per heavy atom. The largest absolute Gasteiger partial charge is 0.381 e. The maximum absolute atomic E-state index is 12.0. The Hall–Kier alpha value is -1.38. The van der Waals surface area contributed by atoms with Crippen LogP contribution in [0.2, 0.25) is 0 Å². The molecule has 0 aromatic rings. The molecule has 3 saturated heterocycles. The lowest BCUT2D eigenvalue weighted by Gasteiger charge is -2.33. The van der Waals surface area contributed by atoms with Gasteiger partial charge in [-0.3, -0.25) is 9.69 Å². The normalized spacial score (nSPS) is 26.2. The van der Waals surface area contributed by atoms with Gasteiger partial charge in [-0.05, 0) is 19.3 Å². The van der Waals surface area contributed by atoms with Crippen molar-refractivity contribution in [2.45, 2.75) is 31.3 Å². The Balaban J connectivity index is 1.62. The van der Waals surface area contributed by atoms with E-state index in [4.69, 9.17) is 9.47 Å². The minimum absolute atomic E-state index is 0.0280. The highest BCUT2D eigenvalue weighted by Crippen LogP contribution is 2.18. The summed E-state index contributed by atoms with van der Waals surface area (Å²) < 4.78 is 10.9. The Morgan fingerprint density at radius 2 is 1.77 bits per heavy atom. The van der Waals surface area contributed by atoms with Crippen molar-refractivity contribution in [1.82, 2.24) is 20.0 Å². The van der Waals surface area contributed by atoms with E-state index in [2.05, 4.69) is 20.1 Å². The first-order valence-electron chi connectivity index (χ1n) is 9.79. The lowest BCUT2D eigenvalue weighted by atomic mass is 10.1. The quantitative estimate of drug-likeness (QED) is 0.539. The monoisotopic (exact) mass is 367 g/mol. The van der Waals surface area contributed by atoms with Gasteiger partial charge < -0.3 is 24.6 Å². The van der Waals surface area contributed by atoms with Gasteiger partial charge in [0.25, 0.3) is 0 Å². The maximum atomic E-state index is 12.0. The van der Waals surface area contributed by atoms with Gasteiger partial charge in [0, 0.05) is 65.6 Å². The number of carbonyl (C=O) groups excluding carboxylic acids is 1. The summed E-state index contributed by atoms with van der Waals surface area (Å²) in [7, 11) is 3.54. The number of amides is 1. The highest BCUT2D eigenvalue weighted by molar-refractivity contribution is 5.85. The molecule has 0 aliphatic carbocycles. The average Bonchev–Trinajstić information content (AvgIpc) is 3.16. The smallest absolute Gasteiger partial charge is 0.243 e.